The molecule has 16 heavy (non-hydrogen) atoms. The Hall–Kier alpha value is 1.74. The molecule has 4 atom stereocenters. The van der Waals surface area contributed by atoms with Gasteiger partial charge in [-0.05, 0) is 12.8 Å². The molecule has 0 aliphatic heterocycles. The molecule has 0 nitrogen and oxygen atoms in total. The second-order valence-corrected chi connectivity index (χ2v) is 6.53. The van der Waals surface area contributed by atoms with E-state index in [4.69, 9.17) is 69.6 Å². The first kappa shape index (κ1) is 17.7. The van der Waals surface area contributed by atoms with E-state index in [-0.39, 0.29) is 21.5 Å². The molecule has 0 fully saturated rings. The number of unbranched alkanes of at least 4 members (excludes halogenated alkanes) is 1. The fraction of sp³-hybridized carbons (Fsp3) is 1.00. The average Bonchev–Trinajstić information content (AvgIpc) is 2.31. The highest BCUT2D eigenvalue weighted by Crippen LogP contribution is 2.24. The summed E-state index contributed by atoms with van der Waals surface area (Å²) in [6.07, 6.45) is 3.70. The Morgan fingerprint density at radius 1 is 0.688 bits per heavy atom. The summed E-state index contributed by atoms with van der Waals surface area (Å²) in [4.78, 5) is 0. The van der Waals surface area contributed by atoms with Gasteiger partial charge in [0.15, 0.2) is 0 Å². The SMILES string of the molecule is ClCC(Cl)CCCCC(Cl)C(Cl)C(Cl)CCl. The molecule has 0 saturated heterocycles. The van der Waals surface area contributed by atoms with Crippen LogP contribution in [0.3, 0.4) is 0 Å². The second kappa shape index (κ2) is 10.6. The summed E-state index contributed by atoms with van der Waals surface area (Å²) < 4.78 is 0. The normalized spacial score (nSPS) is 19.1. The van der Waals surface area contributed by atoms with Gasteiger partial charge < -0.3 is 0 Å². The summed E-state index contributed by atoms with van der Waals surface area (Å²) in [5, 5.41) is -0.673. The van der Waals surface area contributed by atoms with Crippen molar-refractivity contribution in [3.63, 3.8) is 0 Å². The molecule has 6 heteroatoms. The lowest BCUT2D eigenvalue weighted by atomic mass is 10.1. The lowest BCUT2D eigenvalue weighted by Gasteiger charge is -2.19. The molecule has 0 aromatic rings. The standard InChI is InChI=1S/C10H16Cl6/c11-5-7(13)3-1-2-4-8(14)10(16)9(15)6-12/h7-10H,1-6H2. The highest BCUT2D eigenvalue weighted by Gasteiger charge is 2.23. The van der Waals surface area contributed by atoms with Crippen LogP contribution in [0.5, 0.6) is 0 Å². The quantitative estimate of drug-likeness (QED) is 0.383. The number of halogens is 6. The van der Waals surface area contributed by atoms with Crippen molar-refractivity contribution in [3.8, 4) is 0 Å². The van der Waals surface area contributed by atoms with Crippen molar-refractivity contribution in [2.45, 2.75) is 47.2 Å². The molecule has 4 unspecified atom stereocenters. The molecule has 0 saturated carbocycles. The number of hydrogen-bond acceptors (Lipinski definition) is 0. The van der Waals surface area contributed by atoms with Crippen LogP contribution in [-0.4, -0.2) is 33.3 Å². The molecule has 0 heterocycles. The molecule has 0 radical (unpaired) electrons. The Morgan fingerprint density at radius 2 is 1.25 bits per heavy atom. The zero-order chi connectivity index (χ0) is 12.6. The van der Waals surface area contributed by atoms with Gasteiger partial charge in [-0.2, -0.15) is 0 Å². The van der Waals surface area contributed by atoms with Gasteiger partial charge in [0, 0.05) is 17.1 Å². The highest BCUT2D eigenvalue weighted by atomic mass is 35.5. The highest BCUT2D eigenvalue weighted by molar-refractivity contribution is 6.37. The minimum Gasteiger partial charge on any atom is -0.125 e. The van der Waals surface area contributed by atoms with E-state index in [2.05, 4.69) is 0 Å². The summed E-state index contributed by atoms with van der Waals surface area (Å²) in [6.45, 7) is 0. The monoisotopic (exact) mass is 346 g/mol. The molecule has 0 rings (SSSR count). The number of hydrogen-bond donors (Lipinski definition) is 0. The number of alkyl halides is 6. The van der Waals surface area contributed by atoms with E-state index in [1.54, 1.807) is 0 Å². The molecule has 0 bridgehead atoms. The van der Waals surface area contributed by atoms with Crippen LogP contribution in [-0.2, 0) is 0 Å². The lowest BCUT2D eigenvalue weighted by Crippen LogP contribution is -2.26. The zero-order valence-electron chi connectivity index (χ0n) is 8.82. The van der Waals surface area contributed by atoms with Crippen LogP contribution in [0.4, 0.5) is 0 Å². The maximum absolute atomic E-state index is 6.12. The fourth-order valence-electron chi connectivity index (χ4n) is 1.25. The van der Waals surface area contributed by atoms with Crippen molar-refractivity contribution in [2.75, 3.05) is 11.8 Å². The van der Waals surface area contributed by atoms with Crippen molar-refractivity contribution in [3.05, 3.63) is 0 Å². The van der Waals surface area contributed by atoms with Crippen LogP contribution in [0.2, 0.25) is 0 Å². The van der Waals surface area contributed by atoms with Crippen LogP contribution in [0.1, 0.15) is 25.7 Å². The molecule has 0 N–H and O–H groups in total. The van der Waals surface area contributed by atoms with Gasteiger partial charge in [-0.1, -0.05) is 12.8 Å². The Labute approximate surface area is 128 Å². The Morgan fingerprint density at radius 3 is 1.75 bits per heavy atom. The second-order valence-electron chi connectivity index (χ2n) is 3.67. The summed E-state index contributed by atoms with van der Waals surface area (Å²) in [5.41, 5.74) is 0. The smallest absolute Gasteiger partial charge is 0.0674 e. The molecule has 0 spiro atoms. The van der Waals surface area contributed by atoms with Crippen molar-refractivity contribution in [2.24, 2.45) is 0 Å². The molecule has 0 aliphatic rings. The largest absolute Gasteiger partial charge is 0.125 e. The van der Waals surface area contributed by atoms with Crippen molar-refractivity contribution >= 4 is 69.6 Å². The molecule has 0 aliphatic carbocycles. The van der Waals surface area contributed by atoms with Gasteiger partial charge in [0.25, 0.3) is 0 Å². The van der Waals surface area contributed by atoms with Crippen LogP contribution in [0, 0.1) is 0 Å². The van der Waals surface area contributed by atoms with Crippen LogP contribution >= 0.6 is 69.6 Å². The van der Waals surface area contributed by atoms with Gasteiger partial charge in [0.2, 0.25) is 0 Å². The summed E-state index contributed by atoms with van der Waals surface area (Å²) >= 11 is 35.2. The molecule has 98 valence electrons. The van der Waals surface area contributed by atoms with Gasteiger partial charge in [-0.25, -0.2) is 0 Å². The lowest BCUT2D eigenvalue weighted by molar-refractivity contribution is 0.600. The van der Waals surface area contributed by atoms with Gasteiger partial charge >= 0.3 is 0 Å². The topological polar surface area (TPSA) is 0 Å². The van der Waals surface area contributed by atoms with E-state index in [9.17, 15) is 0 Å². The van der Waals surface area contributed by atoms with E-state index in [0.717, 1.165) is 25.7 Å². The van der Waals surface area contributed by atoms with Crippen molar-refractivity contribution in [1.82, 2.24) is 0 Å². The molecular weight excluding hydrogens is 333 g/mol. The van der Waals surface area contributed by atoms with Gasteiger partial charge in [-0.15, -0.1) is 69.6 Å². The zero-order valence-corrected chi connectivity index (χ0v) is 13.4. The Bertz CT molecular complexity index is 165. The van der Waals surface area contributed by atoms with Crippen LogP contribution in [0.25, 0.3) is 0 Å². The van der Waals surface area contributed by atoms with E-state index in [1.807, 2.05) is 0 Å². The fourth-order valence-corrected chi connectivity index (χ4v) is 2.64. The Kier molecular flexibility index (Phi) is 11.8. The van der Waals surface area contributed by atoms with E-state index in [1.165, 1.54) is 0 Å². The van der Waals surface area contributed by atoms with E-state index in [0.29, 0.717) is 11.8 Å². The third kappa shape index (κ3) is 7.95. The third-order valence-corrected chi connectivity index (χ3v) is 5.43. The predicted molar refractivity (Wildman–Crippen MR) is 78.5 cm³/mol. The van der Waals surface area contributed by atoms with Gasteiger partial charge in [-0.3, -0.25) is 0 Å². The summed E-state index contributed by atoms with van der Waals surface area (Å²) in [5.74, 6) is 0.801. The Balaban J connectivity index is 3.60. The minimum absolute atomic E-state index is 0.0471. The molecule has 0 aromatic heterocycles. The molecule has 0 aromatic carbocycles. The maximum atomic E-state index is 6.12. The van der Waals surface area contributed by atoms with Crippen LogP contribution in [0.15, 0.2) is 0 Å². The van der Waals surface area contributed by atoms with E-state index < -0.39 is 0 Å². The van der Waals surface area contributed by atoms with Gasteiger partial charge in [0.1, 0.15) is 0 Å². The van der Waals surface area contributed by atoms with Crippen molar-refractivity contribution in [1.29, 1.82) is 0 Å². The maximum Gasteiger partial charge on any atom is 0.0674 e. The first-order chi connectivity index (χ1) is 7.52. The first-order valence-corrected chi connectivity index (χ1v) is 8.02. The molecule has 0 amide bonds. The van der Waals surface area contributed by atoms with Crippen LogP contribution < -0.4 is 0 Å². The third-order valence-electron chi connectivity index (χ3n) is 2.25. The summed E-state index contributed by atoms with van der Waals surface area (Å²) in [7, 11) is 0. The van der Waals surface area contributed by atoms with Crippen molar-refractivity contribution < 1.29 is 0 Å². The predicted octanol–water partition coefficient (Wildman–Crippen LogP) is 5.45. The number of rotatable bonds is 9. The van der Waals surface area contributed by atoms with E-state index >= 15 is 0 Å². The summed E-state index contributed by atoms with van der Waals surface area (Å²) in [6, 6.07) is 0. The average molecular weight is 349 g/mol. The van der Waals surface area contributed by atoms with Gasteiger partial charge in [0.05, 0.1) is 16.1 Å². The minimum atomic E-state index is -0.291. The first-order valence-electron chi connectivity index (χ1n) is 5.21. The molecular formula is C10H16Cl6.